The summed E-state index contributed by atoms with van der Waals surface area (Å²) in [4.78, 5) is 10.5. The van der Waals surface area contributed by atoms with E-state index < -0.39 is 0 Å². The molecule has 11 heavy (non-hydrogen) atoms. The molecule has 1 aromatic rings. The van der Waals surface area contributed by atoms with Crippen molar-refractivity contribution >= 4 is 11.9 Å². The standard InChI is InChI=1S/C9H10O2/c1-8(10)4-2-5-9-6-3-7-11-9/h2-3,5-7H,4H2,1H3/b5-2+. The molecule has 0 unspecified atom stereocenters. The summed E-state index contributed by atoms with van der Waals surface area (Å²) >= 11 is 0. The van der Waals surface area contributed by atoms with E-state index in [0.717, 1.165) is 5.76 Å². The van der Waals surface area contributed by atoms with Crippen LogP contribution in [-0.2, 0) is 4.79 Å². The number of hydrogen-bond donors (Lipinski definition) is 0. The normalized spacial score (nSPS) is 10.6. The Bertz CT molecular complexity index is 245. The maximum atomic E-state index is 10.5. The molecule has 0 amide bonds. The summed E-state index contributed by atoms with van der Waals surface area (Å²) in [6, 6.07) is 3.66. The molecule has 0 bridgehead atoms. The number of Topliss-reactive ketones (excluding diaryl/α,β-unsaturated/α-hetero) is 1. The van der Waals surface area contributed by atoms with Crippen LogP contribution in [0.15, 0.2) is 28.9 Å². The van der Waals surface area contributed by atoms with Crippen molar-refractivity contribution in [1.29, 1.82) is 0 Å². The summed E-state index contributed by atoms with van der Waals surface area (Å²) < 4.78 is 5.02. The van der Waals surface area contributed by atoms with E-state index in [1.165, 1.54) is 0 Å². The third kappa shape index (κ3) is 2.85. The van der Waals surface area contributed by atoms with Gasteiger partial charge in [-0.1, -0.05) is 6.08 Å². The number of hydrogen-bond acceptors (Lipinski definition) is 2. The highest BCUT2D eigenvalue weighted by molar-refractivity contribution is 5.77. The van der Waals surface area contributed by atoms with E-state index in [9.17, 15) is 4.79 Å². The largest absolute Gasteiger partial charge is 0.465 e. The van der Waals surface area contributed by atoms with Crippen LogP contribution in [0.5, 0.6) is 0 Å². The maximum absolute atomic E-state index is 10.5. The summed E-state index contributed by atoms with van der Waals surface area (Å²) in [5.41, 5.74) is 0. The zero-order valence-corrected chi connectivity index (χ0v) is 6.41. The van der Waals surface area contributed by atoms with Crippen LogP contribution in [0.4, 0.5) is 0 Å². The van der Waals surface area contributed by atoms with Crippen molar-refractivity contribution in [3.63, 3.8) is 0 Å². The van der Waals surface area contributed by atoms with Crippen molar-refractivity contribution in [2.45, 2.75) is 13.3 Å². The fraction of sp³-hybridized carbons (Fsp3) is 0.222. The smallest absolute Gasteiger partial charge is 0.133 e. The topological polar surface area (TPSA) is 30.2 Å². The van der Waals surface area contributed by atoms with Gasteiger partial charge in [-0.3, -0.25) is 4.79 Å². The van der Waals surface area contributed by atoms with Gasteiger partial charge in [0.2, 0.25) is 0 Å². The fourth-order valence-corrected chi connectivity index (χ4v) is 0.727. The highest BCUT2D eigenvalue weighted by atomic mass is 16.3. The van der Waals surface area contributed by atoms with Gasteiger partial charge in [-0.2, -0.15) is 0 Å². The molecule has 0 fully saturated rings. The van der Waals surface area contributed by atoms with Crippen LogP contribution in [0.25, 0.3) is 6.08 Å². The molecule has 2 nitrogen and oxygen atoms in total. The zero-order chi connectivity index (χ0) is 8.10. The van der Waals surface area contributed by atoms with Crippen LogP contribution in [0, 0.1) is 0 Å². The summed E-state index contributed by atoms with van der Waals surface area (Å²) in [5, 5.41) is 0. The second-order valence-electron chi connectivity index (χ2n) is 2.32. The Hall–Kier alpha value is -1.31. The molecule has 0 radical (unpaired) electrons. The molecule has 58 valence electrons. The van der Waals surface area contributed by atoms with Crippen molar-refractivity contribution in [2.24, 2.45) is 0 Å². The van der Waals surface area contributed by atoms with E-state index in [-0.39, 0.29) is 5.78 Å². The van der Waals surface area contributed by atoms with Crippen LogP contribution >= 0.6 is 0 Å². The lowest BCUT2D eigenvalue weighted by Crippen LogP contribution is -1.83. The van der Waals surface area contributed by atoms with Gasteiger partial charge < -0.3 is 4.42 Å². The summed E-state index contributed by atoms with van der Waals surface area (Å²) in [6.07, 6.45) is 5.66. The Morgan fingerprint density at radius 3 is 3.09 bits per heavy atom. The van der Waals surface area contributed by atoms with Gasteiger partial charge in [-0.25, -0.2) is 0 Å². The molecular weight excluding hydrogens is 140 g/mol. The average Bonchev–Trinajstić information content (AvgIpc) is 2.39. The molecular formula is C9H10O2. The second-order valence-corrected chi connectivity index (χ2v) is 2.32. The predicted molar refractivity (Wildman–Crippen MR) is 43.0 cm³/mol. The van der Waals surface area contributed by atoms with Gasteiger partial charge in [0.1, 0.15) is 11.5 Å². The lowest BCUT2D eigenvalue weighted by Gasteiger charge is -1.83. The van der Waals surface area contributed by atoms with E-state index in [1.54, 1.807) is 25.3 Å². The lowest BCUT2D eigenvalue weighted by atomic mass is 10.3. The van der Waals surface area contributed by atoms with Crippen LogP contribution in [-0.4, -0.2) is 5.78 Å². The number of furan rings is 1. The number of ketones is 1. The third-order valence-electron chi connectivity index (χ3n) is 1.23. The first-order chi connectivity index (χ1) is 5.29. The molecule has 0 spiro atoms. The van der Waals surface area contributed by atoms with E-state index in [4.69, 9.17) is 4.42 Å². The monoisotopic (exact) mass is 150 g/mol. The molecule has 0 aliphatic carbocycles. The first-order valence-corrected chi connectivity index (χ1v) is 3.48. The Balaban J connectivity index is 2.43. The van der Waals surface area contributed by atoms with E-state index >= 15 is 0 Å². The number of rotatable bonds is 3. The van der Waals surface area contributed by atoms with Gasteiger partial charge in [0, 0.05) is 6.42 Å². The minimum Gasteiger partial charge on any atom is -0.465 e. The van der Waals surface area contributed by atoms with Gasteiger partial charge >= 0.3 is 0 Å². The van der Waals surface area contributed by atoms with Crippen molar-refractivity contribution in [2.75, 3.05) is 0 Å². The average molecular weight is 150 g/mol. The molecule has 0 saturated carbocycles. The third-order valence-corrected chi connectivity index (χ3v) is 1.23. The van der Waals surface area contributed by atoms with E-state index in [1.807, 2.05) is 12.1 Å². The number of carbonyl (C=O) groups excluding carboxylic acids is 1. The van der Waals surface area contributed by atoms with E-state index in [0.29, 0.717) is 6.42 Å². The van der Waals surface area contributed by atoms with Crippen LogP contribution in [0.1, 0.15) is 19.1 Å². The molecule has 0 saturated heterocycles. The van der Waals surface area contributed by atoms with Gasteiger partial charge in [0.05, 0.1) is 6.26 Å². The minimum atomic E-state index is 0.160. The minimum absolute atomic E-state index is 0.160. The molecule has 1 aromatic heterocycles. The van der Waals surface area contributed by atoms with Crippen LogP contribution in [0.3, 0.4) is 0 Å². The maximum Gasteiger partial charge on any atom is 0.133 e. The quantitative estimate of drug-likeness (QED) is 0.661. The zero-order valence-electron chi connectivity index (χ0n) is 6.41. The highest BCUT2D eigenvalue weighted by Crippen LogP contribution is 2.02. The van der Waals surface area contributed by atoms with Gasteiger partial charge in [0.15, 0.2) is 0 Å². The van der Waals surface area contributed by atoms with Gasteiger partial charge in [-0.05, 0) is 25.1 Å². The molecule has 0 N–H and O–H groups in total. The summed E-state index contributed by atoms with van der Waals surface area (Å²) in [7, 11) is 0. The molecule has 0 aliphatic heterocycles. The van der Waals surface area contributed by atoms with Crippen molar-refractivity contribution < 1.29 is 9.21 Å². The lowest BCUT2D eigenvalue weighted by molar-refractivity contribution is -0.116. The first-order valence-electron chi connectivity index (χ1n) is 3.48. The van der Waals surface area contributed by atoms with Gasteiger partial charge in [-0.15, -0.1) is 0 Å². The van der Waals surface area contributed by atoms with Crippen molar-refractivity contribution in [3.8, 4) is 0 Å². The Kier molecular flexibility index (Phi) is 2.66. The summed E-state index contributed by atoms with van der Waals surface area (Å²) in [6.45, 7) is 1.56. The Morgan fingerprint density at radius 1 is 1.73 bits per heavy atom. The Morgan fingerprint density at radius 2 is 2.55 bits per heavy atom. The van der Waals surface area contributed by atoms with Crippen LogP contribution in [0.2, 0.25) is 0 Å². The first kappa shape index (κ1) is 7.79. The second kappa shape index (κ2) is 3.76. The predicted octanol–water partition coefficient (Wildman–Crippen LogP) is 2.27. The molecule has 1 rings (SSSR count). The molecule has 0 atom stereocenters. The molecule has 0 aromatic carbocycles. The Labute approximate surface area is 65.5 Å². The fourth-order valence-electron chi connectivity index (χ4n) is 0.727. The molecule has 2 heteroatoms. The number of carbonyl (C=O) groups is 1. The SMILES string of the molecule is CC(=O)C/C=C/c1ccco1. The van der Waals surface area contributed by atoms with Crippen molar-refractivity contribution in [1.82, 2.24) is 0 Å². The van der Waals surface area contributed by atoms with Gasteiger partial charge in [0.25, 0.3) is 0 Å². The van der Waals surface area contributed by atoms with E-state index in [2.05, 4.69) is 0 Å². The molecule has 0 aliphatic rings. The molecule has 1 heterocycles. The summed E-state index contributed by atoms with van der Waals surface area (Å²) in [5.74, 6) is 0.944. The van der Waals surface area contributed by atoms with Crippen LogP contribution < -0.4 is 0 Å². The highest BCUT2D eigenvalue weighted by Gasteiger charge is 1.88. The van der Waals surface area contributed by atoms with Crippen molar-refractivity contribution in [3.05, 3.63) is 30.2 Å². The number of allylic oxidation sites excluding steroid dienone is 1.